The van der Waals surface area contributed by atoms with Crippen molar-refractivity contribution >= 4 is 33.1 Å². The molecule has 3 aliphatic heterocycles. The second-order valence-corrected chi connectivity index (χ2v) is 12.9. The fourth-order valence-corrected chi connectivity index (χ4v) is 5.85. The van der Waals surface area contributed by atoms with Crippen molar-refractivity contribution in [3.05, 3.63) is 35.2 Å². The summed E-state index contributed by atoms with van der Waals surface area (Å²) in [6, 6.07) is 4.20. The molecule has 1 aromatic carbocycles. The molecule has 5 rings (SSSR count). The number of likely N-dealkylation sites (tertiary alicyclic amines) is 1. The van der Waals surface area contributed by atoms with E-state index in [9.17, 15) is 9.00 Å². The fourth-order valence-electron chi connectivity index (χ4n) is 4.62. The van der Waals surface area contributed by atoms with Gasteiger partial charge in [-0.2, -0.15) is 0 Å². The molecule has 0 radical (unpaired) electrons. The van der Waals surface area contributed by atoms with Gasteiger partial charge in [-0.15, -0.1) is 0 Å². The molecular formula is C24H32N6O4S. The Morgan fingerprint density at radius 3 is 2.63 bits per heavy atom. The van der Waals surface area contributed by atoms with E-state index in [4.69, 9.17) is 14.3 Å². The minimum absolute atomic E-state index is 0.227. The van der Waals surface area contributed by atoms with Gasteiger partial charge in [0, 0.05) is 53.3 Å². The third-order valence-corrected chi connectivity index (χ3v) is 8.20. The van der Waals surface area contributed by atoms with E-state index in [0.29, 0.717) is 50.1 Å². The van der Waals surface area contributed by atoms with E-state index >= 15 is 0 Å². The Hall–Kier alpha value is -3.08. The molecule has 3 aliphatic rings. The highest BCUT2D eigenvalue weighted by Crippen LogP contribution is 2.41. The minimum Gasteiger partial charge on any atom is -0.486 e. The number of benzene rings is 1. The maximum absolute atomic E-state index is 12.3. The molecule has 0 saturated carbocycles. The molecule has 1 aromatic heterocycles. The summed E-state index contributed by atoms with van der Waals surface area (Å²) in [6.07, 6.45) is 1.25. The Balaban J connectivity index is 1.35. The molecule has 4 heterocycles. The molecular weight excluding hydrogens is 468 g/mol. The van der Waals surface area contributed by atoms with Gasteiger partial charge < -0.3 is 24.6 Å². The molecule has 10 nitrogen and oxygen atoms in total. The van der Waals surface area contributed by atoms with Crippen molar-refractivity contribution in [3.63, 3.8) is 0 Å². The van der Waals surface area contributed by atoms with Crippen LogP contribution in [0.25, 0.3) is 0 Å². The maximum atomic E-state index is 12.3. The summed E-state index contributed by atoms with van der Waals surface area (Å²) in [5.74, 6) is 3.12. The Morgan fingerprint density at radius 2 is 1.94 bits per heavy atom. The van der Waals surface area contributed by atoms with Gasteiger partial charge in [0.2, 0.25) is 0 Å². The number of hydrogen-bond acceptors (Lipinski definition) is 9. The van der Waals surface area contributed by atoms with Gasteiger partial charge in [-0.3, -0.25) is 4.78 Å². The predicted octanol–water partition coefficient (Wildman–Crippen LogP) is 3.62. The monoisotopic (exact) mass is 500 g/mol. The summed E-state index contributed by atoms with van der Waals surface area (Å²) in [4.78, 5) is 25.1. The van der Waals surface area contributed by atoms with Gasteiger partial charge in [0.25, 0.3) is 0 Å². The molecule has 0 bridgehead atoms. The van der Waals surface area contributed by atoms with Gasteiger partial charge in [-0.05, 0) is 44.9 Å². The van der Waals surface area contributed by atoms with Gasteiger partial charge in [0.05, 0.1) is 11.3 Å². The lowest BCUT2D eigenvalue weighted by Crippen LogP contribution is -2.50. The lowest BCUT2D eigenvalue weighted by molar-refractivity contribution is 0.00819. The summed E-state index contributed by atoms with van der Waals surface area (Å²) in [5.41, 5.74) is 3.33. The molecule has 188 valence electrons. The molecule has 0 spiro atoms. The number of nitrogens with one attached hydrogen (secondary N) is 2. The molecule has 2 N–H and O–H groups in total. The average Bonchev–Trinajstić information content (AvgIpc) is 2.91. The summed E-state index contributed by atoms with van der Waals surface area (Å²) < 4.78 is 31.7. The SMILES string of the molecule is Cc1cc(C2CN(C(=O)OC(C)(C)C)C2)cc2c1OCc1c(ncnc1N1CCS(=N)(=O)CC1)N2. The highest BCUT2D eigenvalue weighted by molar-refractivity contribution is 7.92. The lowest BCUT2D eigenvalue weighted by atomic mass is 9.90. The molecule has 2 fully saturated rings. The largest absolute Gasteiger partial charge is 0.486 e. The van der Waals surface area contributed by atoms with Crippen LogP contribution >= 0.6 is 0 Å². The first-order valence-electron chi connectivity index (χ1n) is 11.8. The van der Waals surface area contributed by atoms with E-state index in [1.807, 2.05) is 27.7 Å². The van der Waals surface area contributed by atoms with Crippen LogP contribution in [-0.4, -0.2) is 68.5 Å². The van der Waals surface area contributed by atoms with Crippen molar-refractivity contribution in [2.45, 2.75) is 45.8 Å². The molecule has 0 unspecified atom stereocenters. The number of aromatic nitrogens is 2. The van der Waals surface area contributed by atoms with Crippen LogP contribution in [0, 0.1) is 11.7 Å². The summed E-state index contributed by atoms with van der Waals surface area (Å²) >= 11 is 0. The van der Waals surface area contributed by atoms with Crippen LogP contribution < -0.4 is 15.0 Å². The molecule has 1 amide bonds. The normalized spacial score (nSPS) is 19.4. The van der Waals surface area contributed by atoms with E-state index in [1.54, 1.807) is 4.90 Å². The van der Waals surface area contributed by atoms with Crippen LogP contribution in [0.4, 0.5) is 22.1 Å². The van der Waals surface area contributed by atoms with Gasteiger partial charge in [0.15, 0.2) is 0 Å². The van der Waals surface area contributed by atoms with Crippen molar-refractivity contribution in [3.8, 4) is 5.75 Å². The zero-order valence-corrected chi connectivity index (χ0v) is 21.4. The first kappa shape index (κ1) is 23.7. The lowest BCUT2D eigenvalue weighted by Gasteiger charge is -2.40. The highest BCUT2D eigenvalue weighted by Gasteiger charge is 2.35. The van der Waals surface area contributed by atoms with E-state index < -0.39 is 15.3 Å². The fraction of sp³-hybridized carbons (Fsp3) is 0.542. The summed E-state index contributed by atoms with van der Waals surface area (Å²) in [6.45, 7) is 10.2. The van der Waals surface area contributed by atoms with E-state index in [1.165, 1.54) is 6.33 Å². The zero-order chi connectivity index (χ0) is 25.0. The molecule has 11 heteroatoms. The molecule has 0 atom stereocenters. The minimum atomic E-state index is -2.49. The summed E-state index contributed by atoms with van der Waals surface area (Å²) in [5, 5.41) is 3.45. The Morgan fingerprint density at radius 1 is 1.23 bits per heavy atom. The Labute approximate surface area is 206 Å². The number of rotatable bonds is 2. The third kappa shape index (κ3) is 4.86. The van der Waals surface area contributed by atoms with Crippen LogP contribution in [0.1, 0.15) is 43.4 Å². The number of aryl methyl sites for hydroxylation is 1. The molecule has 0 aliphatic carbocycles. The zero-order valence-electron chi connectivity index (χ0n) is 20.6. The number of carbonyl (C=O) groups excluding carboxylic acids is 1. The van der Waals surface area contributed by atoms with Gasteiger partial charge >= 0.3 is 6.09 Å². The van der Waals surface area contributed by atoms with Crippen molar-refractivity contribution in [1.82, 2.24) is 14.9 Å². The Kier molecular flexibility index (Phi) is 5.77. The summed E-state index contributed by atoms with van der Waals surface area (Å²) in [7, 11) is -2.49. The number of carbonyl (C=O) groups is 1. The molecule has 35 heavy (non-hydrogen) atoms. The van der Waals surface area contributed by atoms with E-state index in [0.717, 1.165) is 33.9 Å². The van der Waals surface area contributed by atoms with Crippen molar-refractivity contribution < 1.29 is 18.5 Å². The molecule has 2 saturated heterocycles. The van der Waals surface area contributed by atoms with Gasteiger partial charge in [-0.1, -0.05) is 6.07 Å². The van der Waals surface area contributed by atoms with Gasteiger partial charge in [-0.25, -0.2) is 19.0 Å². The number of hydrogen-bond donors (Lipinski definition) is 2. The topological polar surface area (TPSA) is 121 Å². The first-order chi connectivity index (χ1) is 16.5. The van der Waals surface area contributed by atoms with Crippen LogP contribution in [0.3, 0.4) is 0 Å². The average molecular weight is 501 g/mol. The maximum Gasteiger partial charge on any atom is 0.410 e. The van der Waals surface area contributed by atoms with Crippen molar-refractivity contribution in [2.75, 3.05) is 47.9 Å². The molecule has 2 aromatic rings. The van der Waals surface area contributed by atoms with Crippen molar-refractivity contribution in [2.24, 2.45) is 0 Å². The van der Waals surface area contributed by atoms with Crippen molar-refractivity contribution in [1.29, 1.82) is 4.78 Å². The second kappa shape index (κ2) is 8.54. The predicted molar refractivity (Wildman–Crippen MR) is 134 cm³/mol. The van der Waals surface area contributed by atoms with Crippen LogP contribution in [0.15, 0.2) is 18.5 Å². The Bertz CT molecular complexity index is 1250. The quantitative estimate of drug-likeness (QED) is 0.641. The number of nitrogens with zero attached hydrogens (tertiary/aromatic N) is 4. The van der Waals surface area contributed by atoms with E-state index in [-0.39, 0.29) is 12.0 Å². The number of anilines is 3. The standard InChI is InChI=1S/C24H32N6O4S/c1-15-9-16(17-11-30(12-17)23(31)34-24(2,3)4)10-19-20(15)33-13-18-21(28-19)26-14-27-22(18)29-5-7-35(25,32)8-6-29/h9-10,14,17,25H,5-8,11-13H2,1-4H3,(H,26,27,28). The number of amides is 1. The van der Waals surface area contributed by atoms with Crippen LogP contribution in [0.2, 0.25) is 0 Å². The van der Waals surface area contributed by atoms with Gasteiger partial charge in [0.1, 0.15) is 35.9 Å². The smallest absolute Gasteiger partial charge is 0.410 e. The third-order valence-electron chi connectivity index (χ3n) is 6.52. The van der Waals surface area contributed by atoms with Crippen LogP contribution in [0.5, 0.6) is 5.75 Å². The van der Waals surface area contributed by atoms with Crippen LogP contribution in [-0.2, 0) is 21.1 Å². The number of fused-ring (bicyclic) bond motifs is 2. The van der Waals surface area contributed by atoms with E-state index in [2.05, 4.69) is 32.3 Å². The highest BCUT2D eigenvalue weighted by atomic mass is 32.2. The number of ether oxygens (including phenoxy) is 2. The second-order valence-electron chi connectivity index (χ2n) is 10.4. The first-order valence-corrected chi connectivity index (χ1v) is 13.7.